The van der Waals surface area contributed by atoms with Crippen molar-refractivity contribution in [2.45, 2.75) is 46.5 Å². The van der Waals surface area contributed by atoms with Crippen LogP contribution in [0.15, 0.2) is 48.5 Å². The van der Waals surface area contributed by atoms with Gasteiger partial charge in [0.05, 0.1) is 6.61 Å². The molecular formula is C24H32N2O4. The molecule has 0 saturated carbocycles. The molecule has 2 aromatic rings. The third-order valence-corrected chi connectivity index (χ3v) is 4.81. The Balaban J connectivity index is 1.77. The number of hydrogen-bond donors (Lipinski definition) is 2. The van der Waals surface area contributed by atoms with Crippen LogP contribution in [0.4, 0.5) is 0 Å². The Labute approximate surface area is 178 Å². The second kappa shape index (κ2) is 11.9. The molecule has 2 N–H and O–H groups in total. The first-order chi connectivity index (χ1) is 14.4. The predicted molar refractivity (Wildman–Crippen MR) is 118 cm³/mol. The zero-order chi connectivity index (χ0) is 21.9. The number of carbonyl (C=O) groups is 2. The van der Waals surface area contributed by atoms with Gasteiger partial charge in [-0.2, -0.15) is 0 Å². The van der Waals surface area contributed by atoms with Crippen molar-refractivity contribution in [2.75, 3.05) is 13.2 Å². The van der Waals surface area contributed by atoms with E-state index in [9.17, 15) is 9.59 Å². The van der Waals surface area contributed by atoms with Crippen molar-refractivity contribution >= 4 is 11.8 Å². The number of amides is 2. The van der Waals surface area contributed by atoms with Crippen molar-refractivity contribution in [1.82, 2.24) is 10.9 Å². The van der Waals surface area contributed by atoms with Crippen LogP contribution in [-0.2, 0) is 4.79 Å². The highest BCUT2D eigenvalue weighted by Crippen LogP contribution is 2.21. The van der Waals surface area contributed by atoms with Crippen LogP contribution < -0.4 is 20.3 Å². The summed E-state index contributed by atoms with van der Waals surface area (Å²) >= 11 is 0. The number of nitrogens with one attached hydrogen (secondary N) is 2. The highest BCUT2D eigenvalue weighted by atomic mass is 16.5. The van der Waals surface area contributed by atoms with E-state index in [4.69, 9.17) is 9.47 Å². The molecular weight excluding hydrogens is 380 g/mol. The van der Waals surface area contributed by atoms with Crippen molar-refractivity contribution in [3.8, 4) is 11.5 Å². The molecule has 6 nitrogen and oxygen atoms in total. The second-order valence-electron chi connectivity index (χ2n) is 7.73. The van der Waals surface area contributed by atoms with E-state index in [1.807, 2.05) is 24.3 Å². The summed E-state index contributed by atoms with van der Waals surface area (Å²) in [7, 11) is 0. The summed E-state index contributed by atoms with van der Waals surface area (Å²) in [4.78, 5) is 24.2. The van der Waals surface area contributed by atoms with Gasteiger partial charge in [-0.15, -0.1) is 0 Å². The average Bonchev–Trinajstić information content (AvgIpc) is 2.75. The summed E-state index contributed by atoms with van der Waals surface area (Å²) in [5.74, 6) is 1.39. The molecule has 0 bridgehead atoms. The monoisotopic (exact) mass is 412 g/mol. The zero-order valence-corrected chi connectivity index (χ0v) is 18.2. The minimum atomic E-state index is -0.446. The highest BCUT2D eigenvalue weighted by Gasteiger charge is 2.10. The molecule has 0 saturated heterocycles. The molecule has 0 aliphatic heterocycles. The Kier molecular flexibility index (Phi) is 9.19. The lowest BCUT2D eigenvalue weighted by atomic mass is 9.99. The summed E-state index contributed by atoms with van der Waals surface area (Å²) in [5.41, 5.74) is 6.39. The van der Waals surface area contributed by atoms with Crippen LogP contribution in [0.25, 0.3) is 0 Å². The van der Waals surface area contributed by atoms with Crippen LogP contribution in [0.3, 0.4) is 0 Å². The minimum absolute atomic E-state index is 0.193. The molecule has 30 heavy (non-hydrogen) atoms. The quantitative estimate of drug-likeness (QED) is 0.565. The molecule has 0 aliphatic rings. The van der Waals surface area contributed by atoms with E-state index in [1.165, 1.54) is 5.56 Å². The van der Waals surface area contributed by atoms with Crippen molar-refractivity contribution < 1.29 is 19.1 Å². The van der Waals surface area contributed by atoms with Gasteiger partial charge in [0.25, 0.3) is 11.8 Å². The molecule has 6 heteroatoms. The first kappa shape index (κ1) is 23.3. The van der Waals surface area contributed by atoms with Gasteiger partial charge in [-0.05, 0) is 60.6 Å². The zero-order valence-electron chi connectivity index (χ0n) is 18.2. The van der Waals surface area contributed by atoms with E-state index in [0.717, 1.165) is 12.8 Å². The molecule has 0 fully saturated rings. The lowest BCUT2D eigenvalue weighted by molar-refractivity contribution is -0.123. The Morgan fingerprint density at radius 3 is 2.33 bits per heavy atom. The Hall–Kier alpha value is -3.02. The fourth-order valence-corrected chi connectivity index (χ4v) is 2.65. The van der Waals surface area contributed by atoms with Gasteiger partial charge in [0.1, 0.15) is 11.5 Å². The largest absolute Gasteiger partial charge is 0.494 e. The predicted octanol–water partition coefficient (Wildman–Crippen LogP) is 4.47. The topological polar surface area (TPSA) is 76.7 Å². The van der Waals surface area contributed by atoms with Crippen molar-refractivity contribution in [1.29, 1.82) is 0 Å². The van der Waals surface area contributed by atoms with Crippen LogP contribution in [0.5, 0.6) is 11.5 Å². The number of hydrazine groups is 1. The molecule has 162 valence electrons. The lowest BCUT2D eigenvalue weighted by Gasteiger charge is -2.12. The van der Waals surface area contributed by atoms with Gasteiger partial charge in [0.2, 0.25) is 0 Å². The van der Waals surface area contributed by atoms with Crippen LogP contribution in [0.1, 0.15) is 62.4 Å². The maximum Gasteiger partial charge on any atom is 0.276 e. The molecule has 1 atom stereocenters. The highest BCUT2D eigenvalue weighted by molar-refractivity contribution is 5.95. The normalized spacial score (nSPS) is 11.6. The molecule has 0 radical (unpaired) electrons. The van der Waals surface area contributed by atoms with E-state index < -0.39 is 11.8 Å². The molecule has 0 spiro atoms. The summed E-state index contributed by atoms with van der Waals surface area (Å²) in [6, 6.07) is 14.5. The average molecular weight is 413 g/mol. The maximum atomic E-state index is 12.3. The van der Waals surface area contributed by atoms with Gasteiger partial charge in [-0.3, -0.25) is 20.4 Å². The van der Waals surface area contributed by atoms with E-state index in [1.54, 1.807) is 24.3 Å². The summed E-state index contributed by atoms with van der Waals surface area (Å²) in [5, 5.41) is 0. The van der Waals surface area contributed by atoms with Gasteiger partial charge in [0.15, 0.2) is 6.61 Å². The van der Waals surface area contributed by atoms with Crippen LogP contribution in [-0.4, -0.2) is 25.0 Å². The summed E-state index contributed by atoms with van der Waals surface area (Å²) in [6.45, 7) is 8.96. The molecule has 0 aromatic heterocycles. The van der Waals surface area contributed by atoms with Crippen LogP contribution >= 0.6 is 0 Å². The van der Waals surface area contributed by atoms with Gasteiger partial charge in [-0.1, -0.05) is 45.9 Å². The van der Waals surface area contributed by atoms with E-state index in [-0.39, 0.29) is 6.61 Å². The van der Waals surface area contributed by atoms with Gasteiger partial charge < -0.3 is 9.47 Å². The van der Waals surface area contributed by atoms with Crippen LogP contribution in [0, 0.1) is 5.92 Å². The first-order valence-corrected chi connectivity index (χ1v) is 10.4. The van der Waals surface area contributed by atoms with Crippen molar-refractivity contribution in [3.63, 3.8) is 0 Å². The molecule has 0 aliphatic carbocycles. The second-order valence-corrected chi connectivity index (χ2v) is 7.73. The van der Waals surface area contributed by atoms with Gasteiger partial charge in [-0.25, -0.2) is 0 Å². The number of ether oxygens (including phenoxy) is 2. The van der Waals surface area contributed by atoms with Crippen molar-refractivity contribution in [2.24, 2.45) is 5.92 Å². The molecule has 2 amide bonds. The summed E-state index contributed by atoms with van der Waals surface area (Å²) in [6.07, 6.45) is 2.00. The van der Waals surface area contributed by atoms with E-state index >= 15 is 0 Å². The SMILES string of the molecule is CCC(C)c1ccc(OCC(=O)NNC(=O)c2cccc(OCCC(C)C)c2)cc1. The Morgan fingerprint density at radius 2 is 1.67 bits per heavy atom. The van der Waals surface area contributed by atoms with Crippen molar-refractivity contribution in [3.05, 3.63) is 59.7 Å². The number of benzene rings is 2. The van der Waals surface area contributed by atoms with Gasteiger partial charge in [0, 0.05) is 5.56 Å². The molecule has 0 heterocycles. The molecule has 2 rings (SSSR count). The number of hydrogen-bond acceptors (Lipinski definition) is 4. The Bertz CT molecular complexity index is 818. The van der Waals surface area contributed by atoms with Crippen LogP contribution in [0.2, 0.25) is 0 Å². The number of carbonyl (C=O) groups excluding carboxylic acids is 2. The number of rotatable bonds is 10. The van der Waals surface area contributed by atoms with E-state index in [2.05, 4.69) is 38.5 Å². The third kappa shape index (κ3) is 7.78. The smallest absolute Gasteiger partial charge is 0.276 e. The minimum Gasteiger partial charge on any atom is -0.494 e. The van der Waals surface area contributed by atoms with E-state index in [0.29, 0.717) is 35.5 Å². The summed E-state index contributed by atoms with van der Waals surface area (Å²) < 4.78 is 11.1. The molecule has 2 aromatic carbocycles. The fraction of sp³-hybridized carbons (Fsp3) is 0.417. The standard InChI is InChI=1S/C24H32N2O4/c1-5-18(4)19-9-11-21(12-10-19)30-16-23(27)25-26-24(28)20-7-6-8-22(15-20)29-14-13-17(2)3/h6-12,15,17-18H,5,13-14,16H2,1-4H3,(H,25,27)(H,26,28). The first-order valence-electron chi connectivity index (χ1n) is 10.4. The maximum absolute atomic E-state index is 12.3. The molecule has 1 unspecified atom stereocenters. The Morgan fingerprint density at radius 1 is 0.933 bits per heavy atom. The van der Waals surface area contributed by atoms with Gasteiger partial charge >= 0.3 is 0 Å². The lowest BCUT2D eigenvalue weighted by Crippen LogP contribution is -2.43. The fourth-order valence-electron chi connectivity index (χ4n) is 2.65. The third-order valence-electron chi connectivity index (χ3n) is 4.81.